The molecule has 0 aliphatic rings. The van der Waals surface area contributed by atoms with E-state index in [2.05, 4.69) is 9.97 Å². The average molecular weight is 299 g/mol. The SMILES string of the molecule is COC(=O)c1cccc2nc(-c3ccc(Cl)cc3)cnc12. The maximum absolute atomic E-state index is 11.7. The molecule has 0 radical (unpaired) electrons. The second kappa shape index (κ2) is 5.50. The second-order valence-electron chi connectivity index (χ2n) is 4.43. The topological polar surface area (TPSA) is 52.1 Å². The molecule has 104 valence electrons. The number of halogens is 1. The van der Waals surface area contributed by atoms with Crippen LogP contribution in [0.3, 0.4) is 0 Å². The van der Waals surface area contributed by atoms with E-state index < -0.39 is 5.97 Å². The van der Waals surface area contributed by atoms with Gasteiger partial charge in [0.1, 0.15) is 5.52 Å². The quantitative estimate of drug-likeness (QED) is 0.676. The highest BCUT2D eigenvalue weighted by molar-refractivity contribution is 6.30. The van der Waals surface area contributed by atoms with Gasteiger partial charge in [0.05, 0.1) is 30.1 Å². The summed E-state index contributed by atoms with van der Waals surface area (Å²) in [6.45, 7) is 0. The largest absolute Gasteiger partial charge is 0.465 e. The van der Waals surface area contributed by atoms with E-state index in [1.54, 1.807) is 30.5 Å². The van der Waals surface area contributed by atoms with Gasteiger partial charge in [0, 0.05) is 10.6 Å². The van der Waals surface area contributed by atoms with Crippen LogP contribution in [0.15, 0.2) is 48.7 Å². The van der Waals surface area contributed by atoms with Crippen LogP contribution in [-0.2, 0) is 4.74 Å². The van der Waals surface area contributed by atoms with Gasteiger partial charge in [0.15, 0.2) is 0 Å². The van der Waals surface area contributed by atoms with Gasteiger partial charge in [0.25, 0.3) is 0 Å². The Morgan fingerprint density at radius 2 is 1.90 bits per heavy atom. The molecule has 5 heteroatoms. The minimum Gasteiger partial charge on any atom is -0.465 e. The number of carbonyl (C=O) groups is 1. The van der Waals surface area contributed by atoms with Crippen molar-refractivity contribution >= 4 is 28.6 Å². The highest BCUT2D eigenvalue weighted by Crippen LogP contribution is 2.22. The number of hydrogen-bond donors (Lipinski definition) is 0. The molecule has 3 rings (SSSR count). The van der Waals surface area contributed by atoms with Gasteiger partial charge >= 0.3 is 5.97 Å². The van der Waals surface area contributed by atoms with Crippen molar-refractivity contribution in [1.82, 2.24) is 9.97 Å². The van der Waals surface area contributed by atoms with Crippen LogP contribution >= 0.6 is 11.6 Å². The van der Waals surface area contributed by atoms with Crippen molar-refractivity contribution in [2.24, 2.45) is 0 Å². The molecule has 2 aromatic carbocycles. The first-order valence-corrected chi connectivity index (χ1v) is 6.67. The Balaban J connectivity index is 2.13. The molecule has 0 aliphatic heterocycles. The monoisotopic (exact) mass is 298 g/mol. The van der Waals surface area contributed by atoms with Crippen molar-refractivity contribution in [3.8, 4) is 11.3 Å². The first-order valence-electron chi connectivity index (χ1n) is 6.29. The van der Waals surface area contributed by atoms with Gasteiger partial charge in [-0.1, -0.05) is 29.8 Å². The van der Waals surface area contributed by atoms with Crippen molar-refractivity contribution in [3.63, 3.8) is 0 Å². The molecular weight excluding hydrogens is 288 g/mol. The number of methoxy groups -OCH3 is 1. The second-order valence-corrected chi connectivity index (χ2v) is 4.86. The van der Waals surface area contributed by atoms with Crippen molar-refractivity contribution in [2.45, 2.75) is 0 Å². The zero-order valence-electron chi connectivity index (χ0n) is 11.2. The summed E-state index contributed by atoms with van der Waals surface area (Å²) in [4.78, 5) is 20.6. The van der Waals surface area contributed by atoms with E-state index in [-0.39, 0.29) is 0 Å². The van der Waals surface area contributed by atoms with Crippen LogP contribution in [0.2, 0.25) is 5.02 Å². The average Bonchev–Trinajstić information content (AvgIpc) is 2.53. The van der Waals surface area contributed by atoms with Gasteiger partial charge in [-0.2, -0.15) is 0 Å². The molecule has 0 N–H and O–H groups in total. The molecule has 0 atom stereocenters. The third-order valence-corrected chi connectivity index (χ3v) is 3.37. The van der Waals surface area contributed by atoms with Crippen LogP contribution in [0, 0.1) is 0 Å². The van der Waals surface area contributed by atoms with Crippen LogP contribution < -0.4 is 0 Å². The van der Waals surface area contributed by atoms with Crippen LogP contribution in [0.5, 0.6) is 0 Å². The Morgan fingerprint density at radius 1 is 1.14 bits per heavy atom. The van der Waals surface area contributed by atoms with Gasteiger partial charge in [-0.25, -0.2) is 9.78 Å². The van der Waals surface area contributed by atoms with Crippen LogP contribution in [0.4, 0.5) is 0 Å². The number of fused-ring (bicyclic) bond motifs is 1. The Bertz CT molecular complexity index is 816. The fourth-order valence-corrected chi connectivity index (χ4v) is 2.20. The predicted octanol–water partition coefficient (Wildman–Crippen LogP) is 3.74. The maximum Gasteiger partial charge on any atom is 0.340 e. The normalized spacial score (nSPS) is 10.6. The molecule has 0 fully saturated rings. The lowest BCUT2D eigenvalue weighted by Gasteiger charge is -2.06. The zero-order valence-corrected chi connectivity index (χ0v) is 12.0. The van der Waals surface area contributed by atoms with E-state index >= 15 is 0 Å². The molecule has 0 aliphatic carbocycles. The number of para-hydroxylation sites is 1. The summed E-state index contributed by atoms with van der Waals surface area (Å²) < 4.78 is 4.75. The number of aromatic nitrogens is 2. The number of hydrogen-bond acceptors (Lipinski definition) is 4. The standard InChI is InChI=1S/C16H11ClN2O2/c1-21-16(20)12-3-2-4-13-15(12)18-9-14(19-13)10-5-7-11(17)8-6-10/h2-9H,1H3. The summed E-state index contributed by atoms with van der Waals surface area (Å²) in [6, 6.07) is 12.6. The number of nitrogens with zero attached hydrogens (tertiary/aromatic N) is 2. The Morgan fingerprint density at radius 3 is 2.62 bits per heavy atom. The summed E-state index contributed by atoms with van der Waals surface area (Å²) in [5.41, 5.74) is 3.22. The summed E-state index contributed by atoms with van der Waals surface area (Å²) in [5.74, 6) is -0.422. The predicted molar refractivity (Wildman–Crippen MR) is 81.3 cm³/mol. The third kappa shape index (κ3) is 2.58. The Kier molecular flexibility index (Phi) is 3.54. The molecule has 1 heterocycles. The molecule has 0 bridgehead atoms. The molecular formula is C16H11ClN2O2. The van der Waals surface area contributed by atoms with Crippen molar-refractivity contribution < 1.29 is 9.53 Å². The number of esters is 1. The smallest absolute Gasteiger partial charge is 0.340 e. The lowest BCUT2D eigenvalue weighted by molar-refractivity contribution is 0.0602. The van der Waals surface area contributed by atoms with E-state index in [0.29, 0.717) is 21.6 Å². The van der Waals surface area contributed by atoms with E-state index in [9.17, 15) is 4.79 Å². The highest BCUT2D eigenvalue weighted by atomic mass is 35.5. The molecule has 0 unspecified atom stereocenters. The minimum absolute atomic E-state index is 0.408. The lowest BCUT2D eigenvalue weighted by atomic mass is 10.1. The van der Waals surface area contributed by atoms with Gasteiger partial charge in [-0.15, -0.1) is 0 Å². The Hall–Kier alpha value is -2.46. The van der Waals surface area contributed by atoms with Crippen LogP contribution in [0.25, 0.3) is 22.3 Å². The van der Waals surface area contributed by atoms with E-state index in [1.165, 1.54) is 7.11 Å². The number of benzene rings is 2. The molecule has 0 amide bonds. The molecule has 21 heavy (non-hydrogen) atoms. The highest BCUT2D eigenvalue weighted by Gasteiger charge is 2.12. The molecule has 0 saturated carbocycles. The molecule has 3 aromatic rings. The summed E-state index contributed by atoms with van der Waals surface area (Å²) in [5, 5.41) is 0.667. The number of carbonyl (C=O) groups excluding carboxylic acids is 1. The van der Waals surface area contributed by atoms with Crippen molar-refractivity contribution in [1.29, 1.82) is 0 Å². The first-order chi connectivity index (χ1) is 10.2. The number of ether oxygens (including phenoxy) is 1. The first kappa shape index (κ1) is 13.5. The molecule has 4 nitrogen and oxygen atoms in total. The summed E-state index contributed by atoms with van der Waals surface area (Å²) >= 11 is 5.88. The van der Waals surface area contributed by atoms with E-state index in [4.69, 9.17) is 16.3 Å². The van der Waals surface area contributed by atoms with Gasteiger partial charge in [-0.3, -0.25) is 4.98 Å². The van der Waals surface area contributed by atoms with E-state index in [0.717, 1.165) is 11.3 Å². The molecule has 1 aromatic heterocycles. The lowest BCUT2D eigenvalue weighted by Crippen LogP contribution is -2.03. The fourth-order valence-electron chi connectivity index (χ4n) is 2.08. The Labute approximate surface area is 126 Å². The maximum atomic E-state index is 11.7. The molecule has 0 spiro atoms. The fraction of sp³-hybridized carbons (Fsp3) is 0.0625. The summed E-state index contributed by atoms with van der Waals surface area (Å²) in [6.07, 6.45) is 1.64. The summed E-state index contributed by atoms with van der Waals surface area (Å²) in [7, 11) is 1.34. The van der Waals surface area contributed by atoms with Crippen molar-refractivity contribution in [2.75, 3.05) is 7.11 Å². The van der Waals surface area contributed by atoms with Crippen LogP contribution in [-0.4, -0.2) is 23.0 Å². The number of rotatable bonds is 2. The van der Waals surface area contributed by atoms with Gasteiger partial charge in [0.2, 0.25) is 0 Å². The van der Waals surface area contributed by atoms with E-state index in [1.807, 2.05) is 18.2 Å². The van der Waals surface area contributed by atoms with Gasteiger partial charge < -0.3 is 4.74 Å². The van der Waals surface area contributed by atoms with Crippen molar-refractivity contribution in [3.05, 3.63) is 59.2 Å². The zero-order chi connectivity index (χ0) is 14.8. The third-order valence-electron chi connectivity index (χ3n) is 3.12. The van der Waals surface area contributed by atoms with Gasteiger partial charge in [-0.05, 0) is 24.3 Å². The molecule has 0 saturated heterocycles. The minimum atomic E-state index is -0.422. The van der Waals surface area contributed by atoms with Crippen LogP contribution in [0.1, 0.15) is 10.4 Å².